The Morgan fingerprint density at radius 3 is 2.61 bits per heavy atom. The minimum absolute atomic E-state index is 0.0729. The number of hydrogen-bond acceptors (Lipinski definition) is 6. The molecule has 3 aromatic rings. The second kappa shape index (κ2) is 8.18. The fraction of sp³-hybridized carbons (Fsp3) is 0.429. The zero-order chi connectivity index (χ0) is 23.2. The van der Waals surface area contributed by atoms with Crippen LogP contribution in [0.2, 0.25) is 0 Å². The highest BCUT2D eigenvalue weighted by atomic mass is 19.4. The fourth-order valence-electron chi connectivity index (χ4n) is 4.28. The Hall–Kier alpha value is -3.41. The van der Waals surface area contributed by atoms with Crippen LogP contribution in [-0.2, 0) is 11.3 Å². The largest absolute Gasteiger partial charge is 0.408 e. The molecule has 1 aromatic carbocycles. The van der Waals surface area contributed by atoms with Crippen LogP contribution in [0.25, 0.3) is 22.4 Å². The topological polar surface area (TPSA) is 97.2 Å². The molecule has 5 heterocycles. The Bertz CT molecular complexity index is 1170. The van der Waals surface area contributed by atoms with Gasteiger partial charge >= 0.3 is 12.2 Å². The van der Waals surface area contributed by atoms with E-state index in [0.717, 1.165) is 17.5 Å². The minimum atomic E-state index is -4.44. The van der Waals surface area contributed by atoms with E-state index in [1.54, 1.807) is 24.3 Å². The van der Waals surface area contributed by atoms with Crippen LogP contribution >= 0.6 is 0 Å². The summed E-state index contributed by atoms with van der Waals surface area (Å²) in [5, 5.41) is 9.58. The summed E-state index contributed by atoms with van der Waals surface area (Å²) in [5.41, 5.74) is 1.30. The lowest BCUT2D eigenvalue weighted by Gasteiger charge is -2.45. The molecule has 2 bridgehead atoms. The quantitative estimate of drug-likeness (QED) is 0.620. The number of nitrogens with one attached hydrogen (secondary N) is 2. The number of carbonyl (C=O) groups is 1. The van der Waals surface area contributed by atoms with Crippen LogP contribution in [-0.4, -0.2) is 64.3 Å². The van der Waals surface area contributed by atoms with Crippen LogP contribution in [0.15, 0.2) is 30.5 Å². The highest BCUT2D eigenvalue weighted by Gasteiger charge is 2.37. The number of urea groups is 1. The van der Waals surface area contributed by atoms with Crippen molar-refractivity contribution < 1.29 is 22.7 Å². The van der Waals surface area contributed by atoms with Crippen LogP contribution in [0.5, 0.6) is 0 Å². The van der Waals surface area contributed by atoms with E-state index in [1.807, 2.05) is 0 Å². The summed E-state index contributed by atoms with van der Waals surface area (Å²) >= 11 is 0. The molecule has 3 aliphatic heterocycles. The predicted molar refractivity (Wildman–Crippen MR) is 115 cm³/mol. The molecule has 3 saturated heterocycles. The van der Waals surface area contributed by atoms with Gasteiger partial charge in [-0.2, -0.15) is 18.3 Å². The lowest BCUT2D eigenvalue weighted by molar-refractivity contribution is -0.141. The number of anilines is 2. The molecule has 0 spiro atoms. The third-order valence-corrected chi connectivity index (χ3v) is 5.89. The molecule has 3 fully saturated rings. The highest BCUT2D eigenvalue weighted by Crippen LogP contribution is 2.35. The van der Waals surface area contributed by atoms with Crippen molar-refractivity contribution >= 4 is 28.6 Å². The summed E-state index contributed by atoms with van der Waals surface area (Å²) in [6, 6.07) is 6.54. The number of ether oxygens (including phenoxy) is 1. The number of halogens is 3. The summed E-state index contributed by atoms with van der Waals surface area (Å²) in [6.07, 6.45) is -1.07. The maximum Gasteiger partial charge on any atom is 0.408 e. The summed E-state index contributed by atoms with van der Waals surface area (Å²) in [6.45, 7) is -0.0613. The molecule has 0 radical (unpaired) electrons. The van der Waals surface area contributed by atoms with E-state index >= 15 is 0 Å². The van der Waals surface area contributed by atoms with Crippen molar-refractivity contribution in [3.05, 3.63) is 30.5 Å². The first-order valence-corrected chi connectivity index (χ1v) is 10.6. The molecule has 2 atom stereocenters. The number of benzene rings is 1. The molecule has 12 heteroatoms. The normalized spacial score (nSPS) is 20.3. The van der Waals surface area contributed by atoms with Crippen molar-refractivity contribution in [3.8, 4) is 11.4 Å². The van der Waals surface area contributed by atoms with Crippen molar-refractivity contribution in [2.45, 2.75) is 37.7 Å². The smallest absolute Gasteiger partial charge is 0.374 e. The maximum absolute atomic E-state index is 13.2. The van der Waals surface area contributed by atoms with Crippen molar-refractivity contribution in [3.63, 3.8) is 0 Å². The van der Waals surface area contributed by atoms with Crippen molar-refractivity contribution in [2.24, 2.45) is 0 Å². The van der Waals surface area contributed by atoms with Gasteiger partial charge in [0, 0.05) is 24.8 Å². The van der Waals surface area contributed by atoms with Crippen LogP contribution in [0.3, 0.4) is 0 Å². The molecular formula is C21H22F3N7O2. The second-order valence-electron chi connectivity index (χ2n) is 8.15. The SMILES string of the molecule is CNC(=O)Nc1ccc(-c2nc(N3CC4CCC3CO4)c3cnn(CC(F)(F)F)c3n2)cc1. The number of nitrogens with zero attached hydrogens (tertiary/aromatic N) is 5. The highest BCUT2D eigenvalue weighted by molar-refractivity contribution is 5.90. The molecule has 174 valence electrons. The van der Waals surface area contributed by atoms with Crippen LogP contribution < -0.4 is 15.5 Å². The van der Waals surface area contributed by atoms with Gasteiger partial charge in [-0.15, -0.1) is 0 Å². The first kappa shape index (κ1) is 21.4. The molecule has 2 N–H and O–H groups in total. The Morgan fingerprint density at radius 2 is 2.00 bits per heavy atom. The molecule has 33 heavy (non-hydrogen) atoms. The maximum atomic E-state index is 13.2. The van der Waals surface area contributed by atoms with E-state index < -0.39 is 12.7 Å². The molecule has 2 aromatic heterocycles. The van der Waals surface area contributed by atoms with Gasteiger partial charge in [0.15, 0.2) is 11.5 Å². The number of amides is 2. The fourth-order valence-corrected chi connectivity index (χ4v) is 4.28. The van der Waals surface area contributed by atoms with Crippen molar-refractivity contribution in [2.75, 3.05) is 30.4 Å². The zero-order valence-corrected chi connectivity index (χ0v) is 17.8. The summed E-state index contributed by atoms with van der Waals surface area (Å²) in [5.74, 6) is 0.851. The van der Waals surface area contributed by atoms with Crippen molar-refractivity contribution in [1.29, 1.82) is 0 Å². The number of morpholine rings is 1. The van der Waals surface area contributed by atoms with E-state index in [1.165, 1.54) is 13.2 Å². The average molecular weight is 461 g/mol. The average Bonchev–Trinajstić information content (AvgIpc) is 3.20. The number of hydrogen-bond donors (Lipinski definition) is 2. The predicted octanol–water partition coefficient (Wildman–Crippen LogP) is 3.17. The van der Waals surface area contributed by atoms with Crippen LogP contribution in [0.1, 0.15) is 12.8 Å². The molecule has 9 nitrogen and oxygen atoms in total. The van der Waals surface area contributed by atoms with Gasteiger partial charge < -0.3 is 20.3 Å². The van der Waals surface area contributed by atoms with E-state index in [9.17, 15) is 18.0 Å². The van der Waals surface area contributed by atoms with Gasteiger partial charge in [0.25, 0.3) is 0 Å². The molecule has 2 amide bonds. The number of aromatic nitrogens is 4. The van der Waals surface area contributed by atoms with E-state index in [4.69, 9.17) is 9.72 Å². The van der Waals surface area contributed by atoms with E-state index in [2.05, 4.69) is 25.6 Å². The van der Waals surface area contributed by atoms with Gasteiger partial charge in [-0.1, -0.05) is 0 Å². The Morgan fingerprint density at radius 1 is 1.21 bits per heavy atom. The van der Waals surface area contributed by atoms with Gasteiger partial charge in [-0.3, -0.25) is 0 Å². The summed E-state index contributed by atoms with van der Waals surface area (Å²) in [7, 11) is 1.51. The van der Waals surface area contributed by atoms with Crippen molar-refractivity contribution in [1.82, 2.24) is 25.1 Å². The van der Waals surface area contributed by atoms with E-state index in [0.29, 0.717) is 35.6 Å². The molecule has 2 unspecified atom stereocenters. The third-order valence-electron chi connectivity index (χ3n) is 5.89. The Labute approximate surface area is 186 Å². The van der Waals surface area contributed by atoms with Crippen LogP contribution in [0, 0.1) is 0 Å². The first-order chi connectivity index (χ1) is 15.8. The number of rotatable bonds is 4. The number of alkyl halides is 3. The summed E-state index contributed by atoms with van der Waals surface area (Å²) in [4.78, 5) is 22.8. The molecular weight excluding hydrogens is 439 g/mol. The third kappa shape index (κ3) is 4.30. The minimum Gasteiger partial charge on any atom is -0.374 e. The summed E-state index contributed by atoms with van der Waals surface area (Å²) < 4.78 is 46.1. The molecule has 0 saturated carbocycles. The first-order valence-electron chi connectivity index (χ1n) is 10.6. The number of piperidine rings is 1. The monoisotopic (exact) mass is 461 g/mol. The number of carbonyl (C=O) groups excluding carboxylic acids is 1. The second-order valence-corrected chi connectivity index (χ2v) is 8.15. The lowest BCUT2D eigenvalue weighted by atomic mass is 9.97. The van der Waals surface area contributed by atoms with Gasteiger partial charge in [-0.05, 0) is 37.1 Å². The molecule has 6 rings (SSSR count). The van der Waals surface area contributed by atoms with Gasteiger partial charge in [0.1, 0.15) is 12.4 Å². The van der Waals surface area contributed by atoms with Gasteiger partial charge in [0.2, 0.25) is 0 Å². The van der Waals surface area contributed by atoms with E-state index in [-0.39, 0.29) is 29.6 Å². The Balaban J connectivity index is 1.58. The number of fused-ring (bicyclic) bond motifs is 4. The Kier molecular flexibility index (Phi) is 5.31. The standard InChI is InChI=1S/C21H22F3N7O2/c1-25-20(32)27-13-4-2-12(3-5-13)17-28-18(30-9-15-7-6-14(30)10-33-15)16-8-26-31(19(16)29-17)11-21(22,23)24/h2-5,8,14-15H,6-7,9-11H2,1H3,(H2,25,27,32). The molecule has 3 aliphatic rings. The van der Waals surface area contributed by atoms with Gasteiger partial charge in [-0.25, -0.2) is 19.4 Å². The molecule has 0 aliphatic carbocycles. The van der Waals surface area contributed by atoms with Gasteiger partial charge in [0.05, 0.1) is 30.3 Å². The zero-order valence-electron chi connectivity index (χ0n) is 17.8. The lowest BCUT2D eigenvalue weighted by Crippen LogP contribution is -2.55. The van der Waals surface area contributed by atoms with Crippen LogP contribution in [0.4, 0.5) is 29.5 Å².